The normalized spacial score (nSPS) is 20.5. The van der Waals surface area contributed by atoms with E-state index in [2.05, 4.69) is 29.0 Å². The topological polar surface area (TPSA) is 61.9 Å². The molecule has 2 rings (SSSR count). The van der Waals surface area contributed by atoms with Gasteiger partial charge in [0.15, 0.2) is 0 Å². The zero-order valence-electron chi connectivity index (χ0n) is 13.0. The van der Waals surface area contributed by atoms with E-state index in [9.17, 15) is 4.79 Å². The summed E-state index contributed by atoms with van der Waals surface area (Å²) in [5.74, 6) is 2.75. The van der Waals surface area contributed by atoms with Gasteiger partial charge in [-0.1, -0.05) is 27.7 Å². The van der Waals surface area contributed by atoms with Crippen LogP contribution in [0.2, 0.25) is 0 Å². The number of likely N-dealkylation sites (tertiary alicyclic amines) is 1. The van der Waals surface area contributed by atoms with Crippen LogP contribution in [-0.4, -0.2) is 39.1 Å². The molecule has 112 valence electrons. The van der Waals surface area contributed by atoms with Gasteiger partial charge in [0.05, 0.1) is 0 Å². The number of amides is 1. The number of aromatic nitrogens is 3. The molecule has 1 unspecified atom stereocenters. The van der Waals surface area contributed by atoms with Gasteiger partial charge in [-0.3, -0.25) is 9.89 Å². The lowest BCUT2D eigenvalue weighted by molar-refractivity contribution is 0.0747. The van der Waals surface area contributed by atoms with Crippen LogP contribution in [0, 0.1) is 11.8 Å². The zero-order chi connectivity index (χ0) is 14.7. The molecule has 0 saturated carbocycles. The first-order valence-electron chi connectivity index (χ1n) is 7.70. The van der Waals surface area contributed by atoms with Crippen LogP contribution < -0.4 is 0 Å². The molecule has 1 amide bonds. The average Bonchev–Trinajstić information content (AvgIpc) is 2.76. The first kappa shape index (κ1) is 15.0. The van der Waals surface area contributed by atoms with Gasteiger partial charge in [-0.2, -0.15) is 0 Å². The maximum absolute atomic E-state index is 12.4. The first-order chi connectivity index (χ1) is 9.49. The van der Waals surface area contributed by atoms with Crippen molar-refractivity contribution in [3.63, 3.8) is 0 Å². The molecule has 0 aromatic carbocycles. The Hall–Kier alpha value is -1.39. The molecule has 0 spiro atoms. The predicted octanol–water partition coefficient (Wildman–Crippen LogP) is 2.83. The van der Waals surface area contributed by atoms with Crippen molar-refractivity contribution in [3.8, 4) is 0 Å². The van der Waals surface area contributed by atoms with Crippen LogP contribution in [0.15, 0.2) is 0 Å². The van der Waals surface area contributed by atoms with Crippen molar-refractivity contribution in [2.75, 3.05) is 13.1 Å². The fourth-order valence-electron chi connectivity index (χ4n) is 2.76. The number of carbonyl (C=O) groups excluding carboxylic acids is 1. The molecule has 0 bridgehead atoms. The van der Waals surface area contributed by atoms with Gasteiger partial charge in [0.1, 0.15) is 5.82 Å². The molecular formula is C15H26N4O. The highest BCUT2D eigenvalue weighted by Crippen LogP contribution is 2.25. The number of hydrogen-bond donors (Lipinski definition) is 1. The van der Waals surface area contributed by atoms with Crippen molar-refractivity contribution in [3.05, 3.63) is 11.6 Å². The monoisotopic (exact) mass is 278 g/mol. The van der Waals surface area contributed by atoms with Crippen LogP contribution in [0.4, 0.5) is 0 Å². The molecule has 0 radical (unpaired) electrons. The smallest absolute Gasteiger partial charge is 0.293 e. The summed E-state index contributed by atoms with van der Waals surface area (Å²) in [5, 5.41) is 6.93. The second kappa shape index (κ2) is 6.37. The third kappa shape index (κ3) is 3.38. The van der Waals surface area contributed by atoms with E-state index in [1.165, 1.54) is 6.42 Å². The Morgan fingerprint density at radius 2 is 2.00 bits per heavy atom. The molecule has 1 aromatic heterocycles. The summed E-state index contributed by atoms with van der Waals surface area (Å²) >= 11 is 0. The van der Waals surface area contributed by atoms with Gasteiger partial charge in [0.25, 0.3) is 5.91 Å². The number of hydrogen-bond acceptors (Lipinski definition) is 3. The van der Waals surface area contributed by atoms with E-state index in [0.717, 1.165) is 37.7 Å². The van der Waals surface area contributed by atoms with Gasteiger partial charge in [-0.05, 0) is 31.1 Å². The molecule has 20 heavy (non-hydrogen) atoms. The first-order valence-corrected chi connectivity index (χ1v) is 7.70. The average molecular weight is 278 g/mol. The number of rotatable bonds is 3. The van der Waals surface area contributed by atoms with Crippen LogP contribution in [0.3, 0.4) is 0 Å². The molecule has 1 aliphatic rings. The van der Waals surface area contributed by atoms with Crippen molar-refractivity contribution >= 4 is 5.91 Å². The quantitative estimate of drug-likeness (QED) is 0.924. The van der Waals surface area contributed by atoms with Crippen LogP contribution in [-0.2, 0) is 0 Å². The summed E-state index contributed by atoms with van der Waals surface area (Å²) in [6.45, 7) is 10.3. The minimum atomic E-state index is -0.0300. The molecule has 5 heteroatoms. The molecule has 2 heterocycles. The molecule has 1 saturated heterocycles. The highest BCUT2D eigenvalue weighted by molar-refractivity contribution is 5.90. The van der Waals surface area contributed by atoms with E-state index in [0.29, 0.717) is 11.7 Å². The SMILES string of the molecule is CC(C)c1nc(C(=O)N2CCCC(C(C)C)CC2)n[nH]1. The molecule has 1 fully saturated rings. The third-order valence-corrected chi connectivity index (χ3v) is 4.24. The largest absolute Gasteiger partial charge is 0.336 e. The Morgan fingerprint density at radius 1 is 1.25 bits per heavy atom. The number of nitrogens with one attached hydrogen (secondary N) is 1. The Balaban J connectivity index is 2.01. The highest BCUT2D eigenvalue weighted by Gasteiger charge is 2.25. The minimum Gasteiger partial charge on any atom is -0.336 e. The van der Waals surface area contributed by atoms with Crippen molar-refractivity contribution < 1.29 is 4.79 Å². The fourth-order valence-corrected chi connectivity index (χ4v) is 2.76. The number of aromatic amines is 1. The van der Waals surface area contributed by atoms with Gasteiger partial charge < -0.3 is 4.90 Å². The van der Waals surface area contributed by atoms with Crippen molar-refractivity contribution in [1.82, 2.24) is 20.1 Å². The second-order valence-corrected chi connectivity index (χ2v) is 6.43. The summed E-state index contributed by atoms with van der Waals surface area (Å²) in [7, 11) is 0. The van der Waals surface area contributed by atoms with Gasteiger partial charge in [-0.15, -0.1) is 5.10 Å². The van der Waals surface area contributed by atoms with Crippen LogP contribution in [0.5, 0.6) is 0 Å². The van der Waals surface area contributed by atoms with E-state index in [1.54, 1.807) is 0 Å². The Labute approximate surface area is 121 Å². The van der Waals surface area contributed by atoms with Gasteiger partial charge in [0.2, 0.25) is 5.82 Å². The molecule has 0 aliphatic carbocycles. The maximum atomic E-state index is 12.4. The molecule has 1 aliphatic heterocycles. The Bertz CT molecular complexity index is 452. The zero-order valence-corrected chi connectivity index (χ0v) is 13.0. The van der Waals surface area contributed by atoms with Gasteiger partial charge >= 0.3 is 0 Å². The third-order valence-electron chi connectivity index (χ3n) is 4.24. The van der Waals surface area contributed by atoms with E-state index in [-0.39, 0.29) is 11.8 Å². The van der Waals surface area contributed by atoms with E-state index in [4.69, 9.17) is 0 Å². The Morgan fingerprint density at radius 3 is 2.60 bits per heavy atom. The Kier molecular flexibility index (Phi) is 4.78. The lowest BCUT2D eigenvalue weighted by Crippen LogP contribution is -2.33. The predicted molar refractivity (Wildman–Crippen MR) is 78.6 cm³/mol. The molecular weight excluding hydrogens is 252 g/mol. The molecule has 1 N–H and O–H groups in total. The lowest BCUT2D eigenvalue weighted by atomic mass is 9.89. The molecule has 1 atom stereocenters. The summed E-state index contributed by atoms with van der Waals surface area (Å²) < 4.78 is 0. The van der Waals surface area contributed by atoms with Crippen molar-refractivity contribution in [2.24, 2.45) is 11.8 Å². The fraction of sp³-hybridized carbons (Fsp3) is 0.800. The number of nitrogens with zero attached hydrogens (tertiary/aromatic N) is 3. The second-order valence-electron chi connectivity index (χ2n) is 6.43. The summed E-state index contributed by atoms with van der Waals surface area (Å²) in [4.78, 5) is 18.7. The van der Waals surface area contributed by atoms with E-state index < -0.39 is 0 Å². The minimum absolute atomic E-state index is 0.0300. The number of carbonyl (C=O) groups is 1. The van der Waals surface area contributed by atoms with Crippen LogP contribution in [0.1, 0.15) is 69.3 Å². The highest BCUT2D eigenvalue weighted by atomic mass is 16.2. The number of H-pyrrole nitrogens is 1. The summed E-state index contributed by atoms with van der Waals surface area (Å²) in [6, 6.07) is 0. The standard InChI is InChI=1S/C15H26N4O/c1-10(2)12-6-5-8-19(9-7-12)15(20)14-16-13(11(3)4)17-18-14/h10-12H,5-9H2,1-4H3,(H,16,17,18). The van der Waals surface area contributed by atoms with Gasteiger partial charge in [0, 0.05) is 19.0 Å². The summed E-state index contributed by atoms with van der Waals surface area (Å²) in [5.41, 5.74) is 0. The van der Waals surface area contributed by atoms with E-state index in [1.807, 2.05) is 18.7 Å². The van der Waals surface area contributed by atoms with Crippen molar-refractivity contribution in [2.45, 2.75) is 52.9 Å². The van der Waals surface area contributed by atoms with E-state index >= 15 is 0 Å². The van der Waals surface area contributed by atoms with Crippen LogP contribution >= 0.6 is 0 Å². The van der Waals surface area contributed by atoms with Crippen LogP contribution in [0.25, 0.3) is 0 Å². The lowest BCUT2D eigenvalue weighted by Gasteiger charge is -2.20. The molecule has 5 nitrogen and oxygen atoms in total. The van der Waals surface area contributed by atoms with Gasteiger partial charge in [-0.25, -0.2) is 4.98 Å². The maximum Gasteiger partial charge on any atom is 0.293 e. The summed E-state index contributed by atoms with van der Waals surface area (Å²) in [6.07, 6.45) is 3.38. The van der Waals surface area contributed by atoms with Crippen molar-refractivity contribution in [1.29, 1.82) is 0 Å². The molecule has 1 aromatic rings.